The van der Waals surface area contributed by atoms with E-state index in [0.717, 1.165) is 18.6 Å². The van der Waals surface area contributed by atoms with Gasteiger partial charge in [-0.3, -0.25) is 4.99 Å². The van der Waals surface area contributed by atoms with Gasteiger partial charge < -0.3 is 10.6 Å². The summed E-state index contributed by atoms with van der Waals surface area (Å²) in [5.74, 6) is 1.57. The number of thioether (sulfide) groups is 1. The summed E-state index contributed by atoms with van der Waals surface area (Å²) in [5, 5.41) is 6.35. The van der Waals surface area contributed by atoms with Gasteiger partial charge in [-0.05, 0) is 26.0 Å². The zero-order valence-corrected chi connectivity index (χ0v) is 18.5. The van der Waals surface area contributed by atoms with Crippen molar-refractivity contribution >= 4 is 51.7 Å². The van der Waals surface area contributed by atoms with Gasteiger partial charge in [0.05, 0.1) is 6.26 Å². The molecule has 24 heavy (non-hydrogen) atoms. The Morgan fingerprint density at radius 3 is 2.38 bits per heavy atom. The summed E-state index contributed by atoms with van der Waals surface area (Å²) in [6.45, 7) is 4.84. The smallest absolute Gasteiger partial charge is 0.209 e. The van der Waals surface area contributed by atoms with E-state index in [-0.39, 0.29) is 24.0 Å². The second-order valence-corrected chi connectivity index (χ2v) is 8.69. The van der Waals surface area contributed by atoms with E-state index >= 15 is 0 Å². The maximum atomic E-state index is 11.3. The maximum Gasteiger partial charge on any atom is 0.209 e. The van der Waals surface area contributed by atoms with E-state index in [1.165, 1.54) is 4.90 Å². The largest absolute Gasteiger partial charge is 0.356 e. The highest BCUT2D eigenvalue weighted by Crippen LogP contribution is 2.15. The quantitative estimate of drug-likeness (QED) is 0.172. The summed E-state index contributed by atoms with van der Waals surface area (Å²) >= 11 is 1.77. The molecule has 0 heterocycles. The topological polar surface area (TPSA) is 82.6 Å². The minimum atomic E-state index is -3.24. The van der Waals surface area contributed by atoms with Crippen LogP contribution in [-0.2, 0) is 10.0 Å². The molecule has 0 aliphatic carbocycles. The number of rotatable bonds is 8. The van der Waals surface area contributed by atoms with Gasteiger partial charge in [0.2, 0.25) is 10.0 Å². The van der Waals surface area contributed by atoms with Crippen molar-refractivity contribution in [1.29, 1.82) is 0 Å². The molecule has 0 saturated heterocycles. The monoisotopic (exact) mass is 486 g/mol. The molecule has 0 atom stereocenters. The van der Waals surface area contributed by atoms with Gasteiger partial charge in [0.15, 0.2) is 5.96 Å². The third kappa shape index (κ3) is 11.1. The maximum absolute atomic E-state index is 11.3. The van der Waals surface area contributed by atoms with Gasteiger partial charge in [-0.1, -0.05) is 18.2 Å². The Kier molecular flexibility index (Phi) is 10.9. The first-order chi connectivity index (χ1) is 10.7. The number of halogens is 1. The lowest BCUT2D eigenvalue weighted by Gasteiger charge is -2.26. The fraction of sp³-hybridized carbons (Fsp3) is 0.533. The van der Waals surface area contributed by atoms with Crippen molar-refractivity contribution in [2.45, 2.75) is 24.3 Å². The van der Waals surface area contributed by atoms with E-state index in [9.17, 15) is 8.42 Å². The Balaban J connectivity index is 0.00000529. The lowest BCUT2D eigenvalue weighted by molar-refractivity contribution is 0.447. The van der Waals surface area contributed by atoms with E-state index < -0.39 is 15.6 Å². The molecule has 0 saturated carbocycles. The van der Waals surface area contributed by atoms with Crippen molar-refractivity contribution in [3.05, 3.63) is 30.3 Å². The molecule has 3 N–H and O–H groups in total. The van der Waals surface area contributed by atoms with Crippen LogP contribution in [0.15, 0.2) is 40.2 Å². The van der Waals surface area contributed by atoms with E-state index in [1.54, 1.807) is 18.8 Å². The van der Waals surface area contributed by atoms with Crippen LogP contribution >= 0.6 is 35.7 Å². The van der Waals surface area contributed by atoms with E-state index in [2.05, 4.69) is 32.5 Å². The van der Waals surface area contributed by atoms with E-state index in [0.29, 0.717) is 12.5 Å². The van der Waals surface area contributed by atoms with Gasteiger partial charge in [0.25, 0.3) is 0 Å². The Morgan fingerprint density at radius 1 is 1.21 bits per heavy atom. The number of sulfonamides is 1. The molecule has 1 aromatic rings. The number of hydrogen-bond donors (Lipinski definition) is 3. The van der Waals surface area contributed by atoms with Crippen LogP contribution in [0.3, 0.4) is 0 Å². The molecule has 0 amide bonds. The molecule has 0 aliphatic rings. The Labute approximate surface area is 166 Å². The molecule has 0 radical (unpaired) electrons. The van der Waals surface area contributed by atoms with Crippen molar-refractivity contribution < 1.29 is 8.42 Å². The average molecular weight is 486 g/mol. The first-order valence-corrected chi connectivity index (χ1v) is 10.2. The molecule has 0 spiro atoms. The highest BCUT2D eigenvalue weighted by molar-refractivity contribution is 14.0. The Hall–Kier alpha value is -0.520. The van der Waals surface area contributed by atoms with Crippen molar-refractivity contribution in [2.75, 3.05) is 32.1 Å². The molecule has 0 aliphatic heterocycles. The van der Waals surface area contributed by atoms with Crippen LogP contribution in [0, 0.1) is 0 Å². The second-order valence-electron chi connectivity index (χ2n) is 5.77. The molecule has 1 aromatic carbocycles. The summed E-state index contributed by atoms with van der Waals surface area (Å²) in [5.41, 5.74) is -0.593. The van der Waals surface area contributed by atoms with Crippen LogP contribution in [0.25, 0.3) is 0 Å². The second kappa shape index (κ2) is 11.2. The number of nitrogens with one attached hydrogen (secondary N) is 3. The number of nitrogens with zero attached hydrogens (tertiary/aromatic N) is 1. The molecule has 138 valence electrons. The van der Waals surface area contributed by atoms with Crippen LogP contribution in [0.1, 0.15) is 13.8 Å². The third-order valence-electron chi connectivity index (χ3n) is 2.79. The SMILES string of the molecule is CN=C(NCCSc1ccccc1)NCC(C)(C)NS(C)(=O)=O.I. The Bertz CT molecular complexity index is 607. The first kappa shape index (κ1) is 23.5. The molecular formula is C15H27IN4O2S2. The number of benzene rings is 1. The molecule has 1 rings (SSSR count). The minimum Gasteiger partial charge on any atom is -0.356 e. The minimum absolute atomic E-state index is 0. The van der Waals surface area contributed by atoms with E-state index in [4.69, 9.17) is 0 Å². The lowest BCUT2D eigenvalue weighted by atomic mass is 10.1. The summed E-state index contributed by atoms with van der Waals surface area (Å²) < 4.78 is 25.2. The highest BCUT2D eigenvalue weighted by Gasteiger charge is 2.22. The fourth-order valence-electron chi connectivity index (χ4n) is 1.92. The predicted octanol–water partition coefficient (Wildman–Crippen LogP) is 1.89. The zero-order valence-electron chi connectivity index (χ0n) is 14.5. The van der Waals surface area contributed by atoms with Gasteiger partial charge >= 0.3 is 0 Å². The summed E-state index contributed by atoms with van der Waals surface area (Å²) in [6, 6.07) is 10.2. The van der Waals surface area contributed by atoms with Crippen molar-refractivity contribution in [1.82, 2.24) is 15.4 Å². The molecule has 6 nitrogen and oxygen atoms in total. The number of hydrogen-bond acceptors (Lipinski definition) is 4. The molecule has 0 bridgehead atoms. The standard InChI is InChI=1S/C15H26N4O2S2.HI/c1-15(2,19-23(4,20)21)12-18-14(16-3)17-10-11-22-13-8-6-5-7-9-13;/h5-9,19H,10-12H2,1-4H3,(H2,16,17,18);1H. The third-order valence-corrected chi connectivity index (χ3v) is 4.73. The van der Waals surface area contributed by atoms with Crippen LogP contribution in [0.4, 0.5) is 0 Å². The van der Waals surface area contributed by atoms with Crippen molar-refractivity contribution in [2.24, 2.45) is 4.99 Å². The number of aliphatic imine (C=N–C) groups is 1. The van der Waals surface area contributed by atoms with Crippen LogP contribution in [-0.4, -0.2) is 52.1 Å². The van der Waals surface area contributed by atoms with Crippen molar-refractivity contribution in [3.8, 4) is 0 Å². The molecule has 9 heteroatoms. The van der Waals surface area contributed by atoms with Gasteiger partial charge in [-0.15, -0.1) is 35.7 Å². The number of guanidine groups is 1. The summed E-state index contributed by atoms with van der Waals surface area (Å²) in [7, 11) is -1.55. The Morgan fingerprint density at radius 2 is 1.83 bits per heavy atom. The van der Waals surface area contributed by atoms with Gasteiger partial charge in [0.1, 0.15) is 0 Å². The lowest BCUT2D eigenvalue weighted by Crippen LogP contribution is -2.53. The van der Waals surface area contributed by atoms with Crippen LogP contribution in [0.5, 0.6) is 0 Å². The van der Waals surface area contributed by atoms with Crippen LogP contribution in [0.2, 0.25) is 0 Å². The predicted molar refractivity (Wildman–Crippen MR) is 114 cm³/mol. The van der Waals surface area contributed by atoms with Crippen molar-refractivity contribution in [3.63, 3.8) is 0 Å². The molecule has 0 unspecified atom stereocenters. The summed E-state index contributed by atoms with van der Waals surface area (Å²) in [6.07, 6.45) is 1.16. The fourth-order valence-corrected chi connectivity index (χ4v) is 3.78. The molecule has 0 aromatic heterocycles. The first-order valence-electron chi connectivity index (χ1n) is 7.33. The zero-order chi connectivity index (χ0) is 17.3. The normalized spacial score (nSPS) is 12.4. The molecular weight excluding hydrogens is 459 g/mol. The van der Waals surface area contributed by atoms with Gasteiger partial charge in [0, 0.05) is 36.3 Å². The average Bonchev–Trinajstić information content (AvgIpc) is 2.45. The van der Waals surface area contributed by atoms with Crippen LogP contribution < -0.4 is 15.4 Å². The van der Waals surface area contributed by atoms with E-state index in [1.807, 2.05) is 32.0 Å². The van der Waals surface area contributed by atoms with Gasteiger partial charge in [-0.2, -0.15) is 0 Å². The highest BCUT2D eigenvalue weighted by atomic mass is 127. The molecule has 0 fully saturated rings. The summed E-state index contributed by atoms with van der Waals surface area (Å²) in [4.78, 5) is 5.37. The van der Waals surface area contributed by atoms with Gasteiger partial charge in [-0.25, -0.2) is 13.1 Å².